The molecule has 0 N–H and O–H groups in total. The fraction of sp³-hybridized carbons (Fsp3) is 0.750. The van der Waals surface area contributed by atoms with E-state index in [-0.39, 0.29) is 0 Å². The van der Waals surface area contributed by atoms with Crippen molar-refractivity contribution in [2.24, 2.45) is 5.92 Å². The van der Waals surface area contributed by atoms with Gasteiger partial charge in [-0.15, -0.1) is 11.6 Å². The monoisotopic (exact) mass is 305 g/mol. The van der Waals surface area contributed by atoms with Crippen LogP contribution in [0.1, 0.15) is 24.7 Å². The van der Waals surface area contributed by atoms with Gasteiger partial charge in [-0.05, 0) is 26.2 Å². The normalized spacial score (nSPS) is 21.2. The highest BCUT2D eigenvalue weighted by Gasteiger charge is 2.34. The summed E-state index contributed by atoms with van der Waals surface area (Å²) in [6.07, 6.45) is 0.924. The van der Waals surface area contributed by atoms with E-state index in [4.69, 9.17) is 11.6 Å². The van der Waals surface area contributed by atoms with Crippen LogP contribution in [0.25, 0.3) is 0 Å². The Morgan fingerprint density at radius 3 is 2.63 bits per heavy atom. The van der Waals surface area contributed by atoms with E-state index in [0.29, 0.717) is 47.7 Å². The molecule has 1 aromatic heterocycles. The Labute approximate surface area is 119 Å². The van der Waals surface area contributed by atoms with Crippen molar-refractivity contribution in [3.05, 3.63) is 11.4 Å². The molecule has 1 fully saturated rings. The smallest absolute Gasteiger partial charge is 0.246 e. The number of sulfonamides is 1. The lowest BCUT2D eigenvalue weighted by atomic mass is 10.2. The summed E-state index contributed by atoms with van der Waals surface area (Å²) < 4.78 is 28.6. The highest BCUT2D eigenvalue weighted by Crippen LogP contribution is 2.28. The van der Waals surface area contributed by atoms with Crippen molar-refractivity contribution < 1.29 is 8.42 Å². The third-order valence-corrected chi connectivity index (χ3v) is 5.88. The maximum atomic E-state index is 12.7. The Kier molecular flexibility index (Phi) is 4.23. The minimum Gasteiger partial charge on any atom is -0.267 e. The lowest BCUT2D eigenvalue weighted by Crippen LogP contribution is -2.29. The van der Waals surface area contributed by atoms with Gasteiger partial charge in [0.1, 0.15) is 4.90 Å². The molecule has 0 amide bonds. The van der Waals surface area contributed by atoms with Crippen LogP contribution in [-0.2, 0) is 16.6 Å². The second kappa shape index (κ2) is 5.42. The first kappa shape index (κ1) is 14.8. The molecule has 1 saturated heterocycles. The van der Waals surface area contributed by atoms with E-state index in [1.165, 1.54) is 0 Å². The predicted molar refractivity (Wildman–Crippen MR) is 75.0 cm³/mol. The van der Waals surface area contributed by atoms with Crippen molar-refractivity contribution in [1.29, 1.82) is 0 Å². The molecule has 0 spiro atoms. The molecule has 1 aromatic rings. The van der Waals surface area contributed by atoms with Crippen molar-refractivity contribution in [2.75, 3.05) is 19.0 Å². The molecule has 5 nitrogen and oxygen atoms in total. The fourth-order valence-corrected chi connectivity index (χ4v) is 4.70. The molecule has 0 saturated carbocycles. The zero-order chi connectivity index (χ0) is 14.2. The van der Waals surface area contributed by atoms with Crippen LogP contribution < -0.4 is 0 Å². The summed E-state index contributed by atoms with van der Waals surface area (Å²) in [5, 5.41) is 4.28. The van der Waals surface area contributed by atoms with Crippen LogP contribution >= 0.6 is 11.6 Å². The number of rotatable bonds is 4. The number of nitrogens with zero attached hydrogens (tertiary/aromatic N) is 3. The van der Waals surface area contributed by atoms with Crippen LogP contribution in [0.5, 0.6) is 0 Å². The molecule has 1 aliphatic heterocycles. The molecule has 7 heteroatoms. The van der Waals surface area contributed by atoms with Crippen molar-refractivity contribution in [3.63, 3.8) is 0 Å². The summed E-state index contributed by atoms with van der Waals surface area (Å²) in [6, 6.07) is 0. The second-order valence-corrected chi connectivity index (χ2v) is 7.42. The molecule has 19 heavy (non-hydrogen) atoms. The number of aromatic nitrogens is 2. The van der Waals surface area contributed by atoms with Crippen LogP contribution in [0.3, 0.4) is 0 Å². The van der Waals surface area contributed by atoms with Crippen molar-refractivity contribution in [2.45, 2.75) is 38.6 Å². The zero-order valence-corrected chi connectivity index (χ0v) is 13.1. The number of hydrogen-bond acceptors (Lipinski definition) is 3. The predicted octanol–water partition coefficient (Wildman–Crippen LogP) is 1.77. The lowest BCUT2D eigenvalue weighted by molar-refractivity contribution is 0.463. The van der Waals surface area contributed by atoms with Crippen LogP contribution in [-0.4, -0.2) is 41.5 Å². The molecule has 1 atom stereocenters. The van der Waals surface area contributed by atoms with Gasteiger partial charge in [-0.1, -0.05) is 6.92 Å². The highest BCUT2D eigenvalue weighted by molar-refractivity contribution is 7.89. The van der Waals surface area contributed by atoms with E-state index in [2.05, 4.69) is 12.0 Å². The van der Waals surface area contributed by atoms with E-state index in [9.17, 15) is 8.42 Å². The summed E-state index contributed by atoms with van der Waals surface area (Å²) >= 11 is 5.71. The summed E-state index contributed by atoms with van der Waals surface area (Å²) in [7, 11) is -3.42. The summed E-state index contributed by atoms with van der Waals surface area (Å²) in [4.78, 5) is 0.353. The van der Waals surface area contributed by atoms with Crippen LogP contribution in [0.4, 0.5) is 0 Å². The van der Waals surface area contributed by atoms with Gasteiger partial charge in [0, 0.05) is 19.0 Å². The average Bonchev–Trinajstić information content (AvgIpc) is 2.85. The zero-order valence-electron chi connectivity index (χ0n) is 11.6. The molecule has 1 aliphatic rings. The van der Waals surface area contributed by atoms with Gasteiger partial charge in [0.2, 0.25) is 10.0 Å². The van der Waals surface area contributed by atoms with E-state index in [1.807, 2.05) is 0 Å². The second-order valence-electron chi connectivity index (χ2n) is 5.17. The molecule has 2 heterocycles. The molecule has 108 valence electrons. The number of aryl methyl sites for hydroxylation is 2. The van der Waals surface area contributed by atoms with Gasteiger partial charge in [0.25, 0.3) is 0 Å². The molecule has 0 aliphatic carbocycles. The maximum absolute atomic E-state index is 12.7. The highest BCUT2D eigenvalue weighted by atomic mass is 35.5. The Bertz CT molecular complexity index is 568. The Morgan fingerprint density at radius 2 is 2.11 bits per heavy atom. The summed E-state index contributed by atoms with van der Waals surface area (Å²) in [5.74, 6) is 0.843. The van der Waals surface area contributed by atoms with E-state index in [0.717, 1.165) is 6.42 Å². The van der Waals surface area contributed by atoms with E-state index in [1.54, 1.807) is 22.8 Å². The Balaban J connectivity index is 2.40. The molecule has 0 radical (unpaired) electrons. The van der Waals surface area contributed by atoms with Gasteiger partial charge < -0.3 is 0 Å². The quantitative estimate of drug-likeness (QED) is 0.797. The Hall–Kier alpha value is -0.590. The van der Waals surface area contributed by atoms with Gasteiger partial charge in [-0.3, -0.25) is 4.68 Å². The Morgan fingerprint density at radius 1 is 1.42 bits per heavy atom. The molecule has 2 rings (SSSR count). The van der Waals surface area contributed by atoms with Crippen molar-refractivity contribution in [1.82, 2.24) is 14.1 Å². The summed E-state index contributed by atoms with van der Waals surface area (Å²) in [5.41, 5.74) is 1.24. The first-order valence-electron chi connectivity index (χ1n) is 6.48. The average molecular weight is 306 g/mol. The van der Waals surface area contributed by atoms with Crippen molar-refractivity contribution in [3.8, 4) is 0 Å². The molecular formula is C12H20ClN3O2S. The molecular weight excluding hydrogens is 286 g/mol. The first-order valence-corrected chi connectivity index (χ1v) is 8.45. The van der Waals surface area contributed by atoms with Gasteiger partial charge >= 0.3 is 0 Å². The molecule has 0 bridgehead atoms. The number of halogens is 1. The third kappa shape index (κ3) is 2.66. The van der Waals surface area contributed by atoms with Crippen LogP contribution in [0, 0.1) is 19.8 Å². The van der Waals surface area contributed by atoms with Gasteiger partial charge in [0.05, 0.1) is 17.9 Å². The largest absolute Gasteiger partial charge is 0.267 e. The van der Waals surface area contributed by atoms with Crippen LogP contribution in [0.2, 0.25) is 0 Å². The number of hydrogen-bond donors (Lipinski definition) is 0. The summed E-state index contributed by atoms with van der Waals surface area (Å²) in [6.45, 7) is 7.33. The van der Waals surface area contributed by atoms with Gasteiger partial charge in [0.15, 0.2) is 0 Å². The SMILES string of the molecule is Cc1nn(CCCl)c(C)c1S(=O)(=O)N1CCC(C)C1. The topological polar surface area (TPSA) is 55.2 Å². The molecule has 1 unspecified atom stereocenters. The third-order valence-electron chi connectivity index (χ3n) is 3.60. The van der Waals surface area contributed by atoms with Crippen molar-refractivity contribution >= 4 is 21.6 Å². The fourth-order valence-electron chi connectivity index (χ4n) is 2.59. The minimum atomic E-state index is -3.42. The van der Waals surface area contributed by atoms with E-state index >= 15 is 0 Å². The maximum Gasteiger partial charge on any atom is 0.246 e. The lowest BCUT2D eigenvalue weighted by Gasteiger charge is -2.16. The number of alkyl halides is 1. The first-order chi connectivity index (χ1) is 8.87. The van der Waals surface area contributed by atoms with Crippen LogP contribution in [0.15, 0.2) is 4.90 Å². The van der Waals surface area contributed by atoms with Gasteiger partial charge in [-0.2, -0.15) is 9.40 Å². The standard InChI is InChI=1S/C12H20ClN3O2S/c1-9-4-6-15(8-9)19(17,18)12-10(2)14-16(7-5-13)11(12)3/h9H,4-8H2,1-3H3. The minimum absolute atomic E-state index is 0.353. The van der Waals surface area contributed by atoms with E-state index < -0.39 is 10.0 Å². The molecule has 0 aromatic carbocycles. The van der Waals surface area contributed by atoms with Gasteiger partial charge in [-0.25, -0.2) is 8.42 Å².